The number of halogens is 2. The summed E-state index contributed by atoms with van der Waals surface area (Å²) in [5.41, 5.74) is 2.69. The average Bonchev–Trinajstić information content (AvgIpc) is 3.16. The van der Waals surface area contributed by atoms with Crippen LogP contribution in [0.25, 0.3) is 16.5 Å². The predicted octanol–water partition coefficient (Wildman–Crippen LogP) is 4.06. The van der Waals surface area contributed by atoms with Gasteiger partial charge in [-0.1, -0.05) is 59.6 Å². The van der Waals surface area contributed by atoms with Gasteiger partial charge < -0.3 is 9.67 Å². The standard InChI is InChI=1S/C23H14Cl2N2O2/c24-14-7-5-13(6-8-14)12-27-19-4-2-1-3-17(19)21(23(27)29)20-16-10-9-15(25)11-18(16)26-22(20)28/h1-11,29H,12H2. The van der Waals surface area contributed by atoms with E-state index in [2.05, 4.69) is 4.99 Å². The highest BCUT2D eigenvalue weighted by Crippen LogP contribution is 2.37. The molecule has 1 aliphatic heterocycles. The number of hydrogen-bond donors (Lipinski definition) is 1. The molecule has 0 bridgehead atoms. The van der Waals surface area contributed by atoms with Crippen LogP contribution in [0.3, 0.4) is 0 Å². The molecule has 3 aromatic carbocycles. The van der Waals surface area contributed by atoms with Crippen molar-refractivity contribution in [2.75, 3.05) is 0 Å². The number of aromatic nitrogens is 1. The first-order chi connectivity index (χ1) is 14.0. The van der Waals surface area contributed by atoms with E-state index in [4.69, 9.17) is 23.2 Å². The van der Waals surface area contributed by atoms with Gasteiger partial charge in [0.1, 0.15) is 0 Å². The van der Waals surface area contributed by atoms with Gasteiger partial charge in [0.2, 0.25) is 5.88 Å². The fraction of sp³-hybridized carbons (Fsp3) is 0.0435. The third-order valence-electron chi connectivity index (χ3n) is 5.11. The summed E-state index contributed by atoms with van der Waals surface area (Å²) in [5, 5.41) is 14.3. The molecule has 0 atom stereocenters. The van der Waals surface area contributed by atoms with Crippen LogP contribution < -0.4 is 10.6 Å². The van der Waals surface area contributed by atoms with Crippen LogP contribution in [0.4, 0.5) is 0 Å². The van der Waals surface area contributed by atoms with Crippen LogP contribution in [0.15, 0.2) is 71.7 Å². The Bertz CT molecular complexity index is 1420. The van der Waals surface area contributed by atoms with Gasteiger partial charge in [0.15, 0.2) is 0 Å². The molecule has 0 aliphatic carbocycles. The van der Waals surface area contributed by atoms with Gasteiger partial charge in [-0.25, -0.2) is 4.99 Å². The molecule has 0 spiro atoms. The Morgan fingerprint density at radius 3 is 2.45 bits per heavy atom. The fourth-order valence-corrected chi connectivity index (χ4v) is 4.09. The Labute approximate surface area is 176 Å². The SMILES string of the molecule is O=C1N=c2cc(Cl)ccc2=C1c1c(O)n(Cc2ccc(Cl)cc2)c2ccccc12. The highest BCUT2D eigenvalue weighted by Gasteiger charge is 2.27. The highest BCUT2D eigenvalue weighted by atomic mass is 35.5. The van der Waals surface area contributed by atoms with E-state index in [1.807, 2.05) is 48.5 Å². The molecule has 0 saturated carbocycles. The van der Waals surface area contributed by atoms with E-state index in [-0.39, 0.29) is 11.8 Å². The van der Waals surface area contributed by atoms with E-state index in [0.717, 1.165) is 16.5 Å². The molecule has 0 radical (unpaired) electrons. The molecule has 4 aromatic rings. The van der Waals surface area contributed by atoms with Crippen molar-refractivity contribution >= 4 is 45.6 Å². The van der Waals surface area contributed by atoms with Gasteiger partial charge in [-0.2, -0.15) is 0 Å². The number of nitrogens with zero attached hydrogens (tertiary/aromatic N) is 2. The maximum Gasteiger partial charge on any atom is 0.279 e. The summed E-state index contributed by atoms with van der Waals surface area (Å²) in [7, 11) is 0. The maximum absolute atomic E-state index is 12.8. The second-order valence-electron chi connectivity index (χ2n) is 6.88. The first kappa shape index (κ1) is 18.0. The Morgan fingerprint density at radius 2 is 1.66 bits per heavy atom. The minimum absolute atomic E-state index is 0.0301. The van der Waals surface area contributed by atoms with E-state index in [1.165, 1.54) is 0 Å². The van der Waals surface area contributed by atoms with Crippen molar-refractivity contribution in [2.24, 2.45) is 4.99 Å². The van der Waals surface area contributed by atoms with Crippen molar-refractivity contribution < 1.29 is 9.90 Å². The molecule has 5 rings (SSSR count). The lowest BCUT2D eigenvalue weighted by Gasteiger charge is -2.08. The number of amides is 1. The number of aromatic hydroxyl groups is 1. The molecule has 0 fully saturated rings. The lowest BCUT2D eigenvalue weighted by Crippen LogP contribution is -2.22. The molecule has 1 aromatic heterocycles. The van der Waals surface area contributed by atoms with Gasteiger partial charge in [0.05, 0.1) is 28.6 Å². The summed E-state index contributed by atoms with van der Waals surface area (Å²) in [4.78, 5) is 16.9. The van der Waals surface area contributed by atoms with Crippen LogP contribution >= 0.6 is 23.2 Å². The molecular formula is C23H14Cl2N2O2. The van der Waals surface area contributed by atoms with Crippen molar-refractivity contribution in [1.82, 2.24) is 4.57 Å². The van der Waals surface area contributed by atoms with Gasteiger partial charge in [-0.15, -0.1) is 0 Å². The van der Waals surface area contributed by atoms with Crippen LogP contribution in [0.2, 0.25) is 10.0 Å². The van der Waals surface area contributed by atoms with Crippen molar-refractivity contribution in [3.05, 3.63) is 98.5 Å². The number of hydrogen-bond acceptors (Lipinski definition) is 2. The Morgan fingerprint density at radius 1 is 0.931 bits per heavy atom. The van der Waals surface area contributed by atoms with Gasteiger partial charge in [0.25, 0.3) is 5.91 Å². The number of para-hydroxylation sites is 1. The van der Waals surface area contributed by atoms with Crippen LogP contribution in [-0.4, -0.2) is 15.6 Å². The second kappa shape index (κ2) is 6.76. The average molecular weight is 421 g/mol. The zero-order chi connectivity index (χ0) is 20.1. The van der Waals surface area contributed by atoms with Crippen LogP contribution in [0.5, 0.6) is 5.88 Å². The summed E-state index contributed by atoms with van der Waals surface area (Å²) in [6.07, 6.45) is 0. The van der Waals surface area contributed by atoms with Crippen molar-refractivity contribution in [3.8, 4) is 5.88 Å². The summed E-state index contributed by atoms with van der Waals surface area (Å²) in [5.74, 6) is -0.352. The molecule has 1 amide bonds. The van der Waals surface area contributed by atoms with E-state index >= 15 is 0 Å². The van der Waals surface area contributed by atoms with Crippen molar-refractivity contribution in [2.45, 2.75) is 6.54 Å². The molecule has 1 aliphatic rings. The quantitative estimate of drug-likeness (QED) is 0.543. The third kappa shape index (κ3) is 2.92. The molecule has 1 N–H and O–H groups in total. The molecular weight excluding hydrogens is 407 g/mol. The number of carbonyl (C=O) groups is 1. The Hall–Kier alpha value is -3.08. The molecule has 29 heavy (non-hydrogen) atoms. The summed E-state index contributed by atoms with van der Waals surface area (Å²) in [6.45, 7) is 0.440. The molecule has 0 saturated heterocycles. The van der Waals surface area contributed by atoms with Crippen LogP contribution in [0.1, 0.15) is 11.1 Å². The number of carbonyl (C=O) groups excluding carboxylic acids is 1. The number of fused-ring (bicyclic) bond motifs is 2. The summed E-state index contributed by atoms with van der Waals surface area (Å²) < 4.78 is 1.79. The smallest absolute Gasteiger partial charge is 0.279 e. The van der Waals surface area contributed by atoms with Gasteiger partial charge >= 0.3 is 0 Å². The predicted molar refractivity (Wildman–Crippen MR) is 114 cm³/mol. The molecule has 4 nitrogen and oxygen atoms in total. The minimum atomic E-state index is -0.382. The topological polar surface area (TPSA) is 54.6 Å². The molecule has 6 heteroatoms. The number of benzene rings is 3. The maximum atomic E-state index is 12.8. The second-order valence-corrected chi connectivity index (χ2v) is 7.75. The van der Waals surface area contributed by atoms with Crippen molar-refractivity contribution in [1.29, 1.82) is 0 Å². The molecule has 142 valence electrons. The third-order valence-corrected chi connectivity index (χ3v) is 5.60. The van der Waals surface area contributed by atoms with E-state index in [9.17, 15) is 9.90 Å². The van der Waals surface area contributed by atoms with Gasteiger partial charge in [0, 0.05) is 20.7 Å². The van der Waals surface area contributed by atoms with Gasteiger partial charge in [-0.3, -0.25) is 4.79 Å². The van der Waals surface area contributed by atoms with Crippen molar-refractivity contribution in [3.63, 3.8) is 0 Å². The summed E-state index contributed by atoms with van der Waals surface area (Å²) >= 11 is 12.0. The fourth-order valence-electron chi connectivity index (χ4n) is 3.80. The molecule has 2 heterocycles. The summed E-state index contributed by atoms with van der Waals surface area (Å²) in [6, 6.07) is 20.2. The lowest BCUT2D eigenvalue weighted by atomic mass is 10.0. The zero-order valence-electron chi connectivity index (χ0n) is 15.1. The first-order valence-electron chi connectivity index (χ1n) is 9.01. The van der Waals surface area contributed by atoms with E-state index < -0.39 is 0 Å². The number of rotatable bonds is 3. The normalized spacial score (nSPS) is 13.0. The zero-order valence-corrected chi connectivity index (χ0v) is 16.6. The highest BCUT2D eigenvalue weighted by molar-refractivity contribution is 6.31. The van der Waals surface area contributed by atoms with Crippen LogP contribution in [-0.2, 0) is 11.3 Å². The Kier molecular flexibility index (Phi) is 4.19. The van der Waals surface area contributed by atoms with E-state index in [0.29, 0.717) is 38.3 Å². The largest absolute Gasteiger partial charge is 0.494 e. The van der Waals surface area contributed by atoms with Crippen LogP contribution in [0, 0.1) is 0 Å². The van der Waals surface area contributed by atoms with Gasteiger partial charge in [-0.05, 0) is 35.9 Å². The minimum Gasteiger partial charge on any atom is -0.494 e. The van der Waals surface area contributed by atoms with E-state index in [1.54, 1.807) is 22.8 Å². The lowest BCUT2D eigenvalue weighted by molar-refractivity contribution is -0.112. The molecule has 0 unspecified atom stereocenters. The Balaban J connectivity index is 1.78. The first-order valence-corrected chi connectivity index (χ1v) is 9.76. The monoisotopic (exact) mass is 420 g/mol.